The van der Waals surface area contributed by atoms with Crippen LogP contribution in [0.4, 0.5) is 0 Å². The second-order valence-corrected chi connectivity index (χ2v) is 10.4. The van der Waals surface area contributed by atoms with Crippen LogP contribution in [0.1, 0.15) is 52.8 Å². The van der Waals surface area contributed by atoms with E-state index in [1.807, 2.05) is 24.3 Å². The Morgan fingerprint density at radius 2 is 0.857 bits per heavy atom. The highest BCUT2D eigenvalue weighted by Gasteiger charge is 2.29. The largest absolute Gasteiger partial charge is 0.335 e. The zero-order valence-electron chi connectivity index (χ0n) is 23.4. The molecule has 2 saturated heterocycles. The minimum Gasteiger partial charge on any atom is -0.335 e. The summed E-state index contributed by atoms with van der Waals surface area (Å²) in [6.45, 7) is 3.78. The molecule has 42 heavy (non-hydrogen) atoms. The molecule has 218 valence electrons. The van der Waals surface area contributed by atoms with E-state index in [9.17, 15) is 19.2 Å². The van der Waals surface area contributed by atoms with Gasteiger partial charge in [-0.1, -0.05) is 30.3 Å². The van der Waals surface area contributed by atoms with Gasteiger partial charge in [0.05, 0.1) is 0 Å². The molecule has 0 radical (unpaired) electrons. The molecule has 0 saturated carbocycles. The monoisotopic (exact) mass is 569 g/mol. The van der Waals surface area contributed by atoms with Gasteiger partial charge < -0.3 is 31.1 Å². The zero-order chi connectivity index (χ0) is 29.6. The molecule has 1 aromatic heterocycles. The fourth-order valence-corrected chi connectivity index (χ4v) is 5.25. The number of hydrogen-bond acceptors (Lipinski definition) is 7. The van der Waals surface area contributed by atoms with Gasteiger partial charge in [0.1, 0.15) is 11.4 Å². The third-order valence-corrected chi connectivity index (χ3v) is 7.71. The van der Waals surface area contributed by atoms with E-state index in [1.54, 1.807) is 62.1 Å². The summed E-state index contributed by atoms with van der Waals surface area (Å²) in [6, 6.07) is 19.4. The molecule has 0 spiro atoms. The van der Waals surface area contributed by atoms with E-state index >= 15 is 0 Å². The van der Waals surface area contributed by atoms with Crippen LogP contribution in [0, 0.1) is 0 Å². The lowest BCUT2D eigenvalue weighted by Crippen LogP contribution is -2.51. The van der Waals surface area contributed by atoms with Gasteiger partial charge in [-0.25, -0.2) is 4.98 Å². The average Bonchev–Trinajstić information content (AvgIpc) is 3.07. The van der Waals surface area contributed by atoms with Crippen LogP contribution >= 0.6 is 0 Å². The van der Waals surface area contributed by atoms with Gasteiger partial charge in [0.25, 0.3) is 23.6 Å². The van der Waals surface area contributed by atoms with Gasteiger partial charge in [0, 0.05) is 76.6 Å². The molecule has 11 nitrogen and oxygen atoms in total. The number of nitrogens with zero attached hydrogens (tertiary/aromatic N) is 5. The van der Waals surface area contributed by atoms with Crippen molar-refractivity contribution in [1.29, 1.82) is 0 Å². The van der Waals surface area contributed by atoms with Crippen LogP contribution in [-0.4, -0.2) is 101 Å². The maximum Gasteiger partial charge on any atom is 0.272 e. The van der Waals surface area contributed by atoms with Gasteiger partial charge in [-0.2, -0.15) is 0 Å². The van der Waals surface area contributed by atoms with Crippen molar-refractivity contribution in [1.82, 2.24) is 24.6 Å². The molecule has 5 rings (SSSR count). The predicted octanol–water partition coefficient (Wildman–Crippen LogP) is 1.20. The number of pyridine rings is 1. The van der Waals surface area contributed by atoms with E-state index in [0.717, 1.165) is 11.1 Å². The van der Waals surface area contributed by atoms with E-state index in [1.165, 1.54) is 0 Å². The summed E-state index contributed by atoms with van der Waals surface area (Å²) in [5.74, 6) is -0.739. The third-order valence-electron chi connectivity index (χ3n) is 7.71. The third kappa shape index (κ3) is 6.32. The fraction of sp³-hybridized carbons (Fsp3) is 0.323. The summed E-state index contributed by atoms with van der Waals surface area (Å²) in [5.41, 5.74) is 14.7. The first kappa shape index (κ1) is 28.9. The van der Waals surface area contributed by atoms with Crippen LogP contribution in [0.3, 0.4) is 0 Å². The van der Waals surface area contributed by atoms with Crippen molar-refractivity contribution in [2.75, 3.05) is 52.4 Å². The van der Waals surface area contributed by atoms with Crippen LogP contribution in [-0.2, 0) is 13.1 Å². The highest BCUT2D eigenvalue weighted by molar-refractivity contribution is 5.98. The molecule has 4 amide bonds. The van der Waals surface area contributed by atoms with E-state index in [4.69, 9.17) is 11.5 Å². The molecule has 2 aromatic carbocycles. The van der Waals surface area contributed by atoms with Crippen LogP contribution in [0.2, 0.25) is 0 Å². The SMILES string of the molecule is NCc1cccc(C(=O)N2CCN(C(=O)c3cccc(C(=O)N4CCN(C(=O)c5cccc(CN)c5)CC4)n3)CC2)c1. The molecule has 2 aliphatic rings. The topological polar surface area (TPSA) is 146 Å². The van der Waals surface area contributed by atoms with Crippen molar-refractivity contribution >= 4 is 23.6 Å². The number of benzene rings is 2. The normalized spacial score (nSPS) is 15.5. The molecule has 2 fully saturated rings. The molecule has 11 heteroatoms. The van der Waals surface area contributed by atoms with Gasteiger partial charge >= 0.3 is 0 Å². The average molecular weight is 570 g/mol. The molecule has 2 aliphatic heterocycles. The Morgan fingerprint density at radius 1 is 0.524 bits per heavy atom. The predicted molar refractivity (Wildman–Crippen MR) is 157 cm³/mol. The van der Waals surface area contributed by atoms with E-state index in [0.29, 0.717) is 76.6 Å². The van der Waals surface area contributed by atoms with Gasteiger partial charge in [-0.15, -0.1) is 0 Å². The van der Waals surface area contributed by atoms with Crippen molar-refractivity contribution in [2.45, 2.75) is 13.1 Å². The fourth-order valence-electron chi connectivity index (χ4n) is 5.25. The Balaban J connectivity index is 1.16. The van der Waals surface area contributed by atoms with Gasteiger partial charge in [-0.3, -0.25) is 19.2 Å². The quantitative estimate of drug-likeness (QED) is 0.454. The molecule has 4 N–H and O–H groups in total. The molecule has 3 heterocycles. The van der Waals surface area contributed by atoms with Crippen molar-refractivity contribution < 1.29 is 19.2 Å². The number of carbonyl (C=O) groups is 4. The molecular weight excluding hydrogens is 534 g/mol. The molecule has 0 aliphatic carbocycles. The molecular formula is C31H35N7O4. The summed E-state index contributed by atoms with van der Waals surface area (Å²) in [5, 5.41) is 0. The van der Waals surface area contributed by atoms with E-state index in [-0.39, 0.29) is 35.0 Å². The Labute approximate surface area is 244 Å². The number of amides is 4. The Hall–Kier alpha value is -4.61. The van der Waals surface area contributed by atoms with Crippen molar-refractivity contribution in [3.8, 4) is 0 Å². The maximum absolute atomic E-state index is 13.2. The summed E-state index contributed by atoms with van der Waals surface area (Å²) >= 11 is 0. The van der Waals surface area contributed by atoms with Gasteiger partial charge in [0.2, 0.25) is 0 Å². The number of nitrogens with two attached hydrogens (primary N) is 2. The number of hydrogen-bond donors (Lipinski definition) is 2. The van der Waals surface area contributed by atoms with Gasteiger partial charge in [0.15, 0.2) is 0 Å². The molecule has 0 unspecified atom stereocenters. The van der Waals surface area contributed by atoms with Crippen LogP contribution in [0.25, 0.3) is 0 Å². The number of aromatic nitrogens is 1. The Bertz CT molecular complexity index is 1370. The van der Waals surface area contributed by atoms with Crippen LogP contribution < -0.4 is 11.5 Å². The summed E-state index contributed by atoms with van der Waals surface area (Å²) in [6.07, 6.45) is 0. The Kier molecular flexibility index (Phi) is 8.89. The minimum atomic E-state index is -0.281. The van der Waals surface area contributed by atoms with Crippen molar-refractivity contribution in [3.05, 3.63) is 100 Å². The number of piperazine rings is 2. The second kappa shape index (κ2) is 12.9. The summed E-state index contributed by atoms with van der Waals surface area (Å²) in [7, 11) is 0. The van der Waals surface area contributed by atoms with E-state index < -0.39 is 0 Å². The lowest BCUT2D eigenvalue weighted by atomic mass is 10.1. The first-order chi connectivity index (χ1) is 20.4. The number of rotatable bonds is 6. The van der Waals surface area contributed by atoms with E-state index in [2.05, 4.69) is 4.98 Å². The first-order valence-corrected chi connectivity index (χ1v) is 14.1. The maximum atomic E-state index is 13.2. The summed E-state index contributed by atoms with van der Waals surface area (Å²) in [4.78, 5) is 63.5. The smallest absolute Gasteiger partial charge is 0.272 e. The molecule has 3 aromatic rings. The lowest BCUT2D eigenvalue weighted by Gasteiger charge is -2.35. The molecule has 0 atom stereocenters. The van der Waals surface area contributed by atoms with Gasteiger partial charge in [-0.05, 0) is 47.5 Å². The number of carbonyl (C=O) groups excluding carboxylic acids is 4. The summed E-state index contributed by atoms with van der Waals surface area (Å²) < 4.78 is 0. The van der Waals surface area contributed by atoms with Crippen molar-refractivity contribution in [3.63, 3.8) is 0 Å². The highest BCUT2D eigenvalue weighted by atomic mass is 16.2. The minimum absolute atomic E-state index is 0.0889. The van der Waals surface area contributed by atoms with Crippen LogP contribution in [0.5, 0.6) is 0 Å². The second-order valence-electron chi connectivity index (χ2n) is 10.4. The highest BCUT2D eigenvalue weighted by Crippen LogP contribution is 2.15. The standard InChI is InChI=1S/C31H35N7O4/c32-20-22-4-1-6-24(18-22)28(39)35-10-14-37(15-11-35)30(41)26-8-3-9-27(34-26)31(42)38-16-12-36(13-17-38)29(40)25-7-2-5-23(19-25)21-33/h1-9,18-19H,10-17,20-21,32-33H2. The lowest BCUT2D eigenvalue weighted by molar-refractivity contribution is 0.0524. The van der Waals surface area contributed by atoms with Crippen molar-refractivity contribution in [2.24, 2.45) is 11.5 Å². The zero-order valence-corrected chi connectivity index (χ0v) is 23.4. The first-order valence-electron chi connectivity index (χ1n) is 14.1. The molecule has 0 bridgehead atoms. The Morgan fingerprint density at radius 3 is 1.21 bits per heavy atom. The van der Waals surface area contributed by atoms with Crippen LogP contribution in [0.15, 0.2) is 66.7 Å².